The Morgan fingerprint density at radius 2 is 1.42 bits per heavy atom. The fraction of sp³-hybridized carbons (Fsp3) is 0. The average Bonchev–Trinajstić information content (AvgIpc) is 2.73. The van der Waals surface area contributed by atoms with Crippen LogP contribution in [0.2, 0.25) is 0 Å². The highest BCUT2D eigenvalue weighted by atomic mass is 79.9. The van der Waals surface area contributed by atoms with Crippen LogP contribution in [0.3, 0.4) is 0 Å². The third kappa shape index (κ3) is 5.38. The fourth-order valence-corrected chi connectivity index (χ4v) is 4.98. The Bertz CT molecular complexity index is 1300. The molecular weight excluding hydrogens is 618 g/mol. The SMILES string of the molecule is O=C(/C(=C\c1ccc(Br)c([N+](=O)[O-])c1)S(=O)(=O)c1ccc(Br)cc1)c1ccc(Br)cc1. The topological polar surface area (TPSA) is 94.3 Å². The number of ketones is 1. The van der Waals surface area contributed by atoms with E-state index in [1.165, 1.54) is 42.5 Å². The molecule has 0 saturated carbocycles. The summed E-state index contributed by atoms with van der Waals surface area (Å²) in [6.07, 6.45) is 1.15. The Balaban J connectivity index is 2.21. The monoisotopic (exact) mass is 627 g/mol. The molecule has 0 atom stereocenters. The summed E-state index contributed by atoms with van der Waals surface area (Å²) in [7, 11) is -4.22. The highest BCUT2D eigenvalue weighted by molar-refractivity contribution is 9.11. The van der Waals surface area contributed by atoms with Gasteiger partial charge < -0.3 is 0 Å². The molecule has 6 nitrogen and oxygen atoms in total. The number of nitro benzene ring substituents is 1. The molecule has 0 aliphatic heterocycles. The molecule has 0 saturated heterocycles. The van der Waals surface area contributed by atoms with Gasteiger partial charge in [-0.05, 0) is 82.2 Å². The molecule has 3 aromatic rings. The molecule has 0 N–H and O–H groups in total. The molecule has 0 aromatic heterocycles. The lowest BCUT2D eigenvalue weighted by molar-refractivity contribution is -0.385. The van der Waals surface area contributed by atoms with Gasteiger partial charge in [0.2, 0.25) is 15.6 Å². The van der Waals surface area contributed by atoms with Crippen molar-refractivity contribution in [1.82, 2.24) is 0 Å². The summed E-state index contributed by atoms with van der Waals surface area (Å²) in [6.45, 7) is 0. The van der Waals surface area contributed by atoms with Crippen LogP contribution in [-0.4, -0.2) is 19.1 Å². The van der Waals surface area contributed by atoms with Crippen molar-refractivity contribution in [2.45, 2.75) is 4.90 Å². The normalized spacial score (nSPS) is 11.9. The van der Waals surface area contributed by atoms with Crippen molar-refractivity contribution in [2.75, 3.05) is 0 Å². The molecule has 0 aliphatic carbocycles. The zero-order chi connectivity index (χ0) is 22.8. The van der Waals surface area contributed by atoms with E-state index < -0.39 is 25.4 Å². The minimum absolute atomic E-state index is 0.0703. The van der Waals surface area contributed by atoms with Crippen molar-refractivity contribution in [3.05, 3.63) is 106 Å². The summed E-state index contributed by atoms with van der Waals surface area (Å²) in [6, 6.07) is 16.2. The lowest BCUT2D eigenvalue weighted by Gasteiger charge is -2.10. The minimum Gasteiger partial charge on any atom is -0.288 e. The standard InChI is InChI=1S/C21H12Br3NO5S/c22-15-4-2-14(3-5-15)21(26)20(31(29,30)17-8-6-16(23)7-9-17)12-13-1-10-18(24)19(11-13)25(27)28/h1-12H/b20-12+. The number of halogens is 3. The van der Waals surface area contributed by atoms with E-state index in [2.05, 4.69) is 47.8 Å². The first kappa shape index (κ1) is 23.5. The smallest absolute Gasteiger partial charge is 0.284 e. The molecule has 0 unspecified atom stereocenters. The van der Waals surface area contributed by atoms with Gasteiger partial charge in [0.05, 0.1) is 14.3 Å². The van der Waals surface area contributed by atoms with Crippen molar-refractivity contribution in [1.29, 1.82) is 0 Å². The van der Waals surface area contributed by atoms with Crippen LogP contribution in [0.5, 0.6) is 0 Å². The van der Waals surface area contributed by atoms with Crippen molar-refractivity contribution in [3.8, 4) is 0 Å². The summed E-state index contributed by atoms with van der Waals surface area (Å²) in [5, 5.41) is 11.3. The number of hydrogen-bond acceptors (Lipinski definition) is 5. The maximum absolute atomic E-state index is 13.4. The minimum atomic E-state index is -4.22. The van der Waals surface area contributed by atoms with Crippen molar-refractivity contribution in [3.63, 3.8) is 0 Å². The van der Waals surface area contributed by atoms with Crippen molar-refractivity contribution in [2.24, 2.45) is 0 Å². The van der Waals surface area contributed by atoms with Crippen LogP contribution in [0.1, 0.15) is 15.9 Å². The highest BCUT2D eigenvalue weighted by Crippen LogP contribution is 2.30. The predicted molar refractivity (Wildman–Crippen MR) is 129 cm³/mol. The van der Waals surface area contributed by atoms with Gasteiger partial charge in [-0.1, -0.05) is 37.9 Å². The number of carbonyl (C=O) groups excluding carboxylic acids is 1. The first-order chi connectivity index (χ1) is 14.6. The number of rotatable bonds is 6. The lowest BCUT2D eigenvalue weighted by atomic mass is 10.1. The maximum atomic E-state index is 13.4. The fourth-order valence-electron chi connectivity index (χ4n) is 2.66. The Hall–Kier alpha value is -2.14. The van der Waals surface area contributed by atoms with Crippen LogP contribution < -0.4 is 0 Å². The summed E-state index contributed by atoms with van der Waals surface area (Å²) in [5.41, 5.74) is 0.128. The lowest BCUT2D eigenvalue weighted by Crippen LogP contribution is -2.14. The zero-order valence-electron chi connectivity index (χ0n) is 15.5. The van der Waals surface area contributed by atoms with Gasteiger partial charge in [-0.2, -0.15) is 0 Å². The molecule has 3 rings (SSSR count). The predicted octanol–water partition coefficient (Wildman–Crippen LogP) is 6.58. The van der Waals surface area contributed by atoms with Crippen LogP contribution in [0.4, 0.5) is 5.69 Å². The number of sulfone groups is 1. The largest absolute Gasteiger partial charge is 0.288 e. The number of carbonyl (C=O) groups is 1. The van der Waals surface area contributed by atoms with Crippen LogP contribution in [0.25, 0.3) is 6.08 Å². The molecule has 0 fully saturated rings. The molecular formula is C21H12Br3NO5S. The molecule has 10 heteroatoms. The molecule has 31 heavy (non-hydrogen) atoms. The molecule has 0 bridgehead atoms. The third-order valence-electron chi connectivity index (χ3n) is 4.21. The number of benzene rings is 3. The molecule has 0 radical (unpaired) electrons. The summed E-state index contributed by atoms with van der Waals surface area (Å²) >= 11 is 9.63. The van der Waals surface area contributed by atoms with Crippen molar-refractivity contribution >= 4 is 75.2 Å². The quantitative estimate of drug-likeness (QED) is 0.133. The van der Waals surface area contributed by atoms with E-state index in [1.807, 2.05) is 0 Å². The highest BCUT2D eigenvalue weighted by Gasteiger charge is 2.28. The van der Waals surface area contributed by atoms with Gasteiger partial charge in [-0.25, -0.2) is 8.42 Å². The van der Waals surface area contributed by atoms with Crippen molar-refractivity contribution < 1.29 is 18.1 Å². The van der Waals surface area contributed by atoms with E-state index in [-0.39, 0.29) is 26.2 Å². The molecule has 158 valence electrons. The second-order valence-corrected chi connectivity index (χ2v) is 10.9. The van der Waals surface area contributed by atoms with Gasteiger partial charge in [0.15, 0.2) is 0 Å². The molecule has 0 spiro atoms. The Kier molecular flexibility index (Phi) is 7.25. The zero-order valence-corrected chi connectivity index (χ0v) is 21.0. The molecule has 0 aliphatic rings. The van der Waals surface area contributed by atoms with E-state index in [1.54, 1.807) is 24.3 Å². The van der Waals surface area contributed by atoms with E-state index in [9.17, 15) is 23.3 Å². The van der Waals surface area contributed by atoms with Crippen LogP contribution >= 0.6 is 47.8 Å². The summed E-state index contributed by atoms with van der Waals surface area (Å²) in [5.74, 6) is -0.721. The first-order valence-corrected chi connectivity index (χ1v) is 12.4. The second-order valence-electron chi connectivity index (χ2n) is 6.27. The van der Waals surface area contributed by atoms with E-state index in [4.69, 9.17) is 0 Å². The van der Waals surface area contributed by atoms with E-state index >= 15 is 0 Å². The first-order valence-electron chi connectivity index (χ1n) is 8.56. The van der Waals surface area contributed by atoms with Crippen LogP contribution in [0.15, 0.2) is 89.9 Å². The maximum Gasteiger partial charge on any atom is 0.284 e. The van der Waals surface area contributed by atoms with Crippen LogP contribution in [-0.2, 0) is 9.84 Å². The Morgan fingerprint density at radius 1 is 0.871 bits per heavy atom. The third-order valence-corrected chi connectivity index (χ3v) is 7.71. The summed E-state index contributed by atoms with van der Waals surface area (Å²) in [4.78, 5) is 23.3. The molecule has 3 aromatic carbocycles. The van der Waals surface area contributed by atoms with Gasteiger partial charge >= 0.3 is 0 Å². The summed E-state index contributed by atoms with van der Waals surface area (Å²) < 4.78 is 28.4. The van der Waals surface area contributed by atoms with Crippen LogP contribution in [0, 0.1) is 10.1 Å². The number of nitro groups is 1. The number of nitrogens with zero attached hydrogens (tertiary/aromatic N) is 1. The Morgan fingerprint density at radius 3 is 1.97 bits per heavy atom. The van der Waals surface area contributed by atoms with Gasteiger partial charge in [-0.15, -0.1) is 0 Å². The average molecular weight is 630 g/mol. The van der Waals surface area contributed by atoms with Gasteiger partial charge in [0, 0.05) is 20.6 Å². The number of hydrogen-bond donors (Lipinski definition) is 0. The van der Waals surface area contributed by atoms with Gasteiger partial charge in [-0.3, -0.25) is 14.9 Å². The molecule has 0 amide bonds. The van der Waals surface area contributed by atoms with Gasteiger partial charge in [0.25, 0.3) is 5.69 Å². The van der Waals surface area contributed by atoms with E-state index in [0.717, 1.165) is 10.5 Å². The van der Waals surface area contributed by atoms with E-state index in [0.29, 0.717) is 4.47 Å². The second kappa shape index (κ2) is 9.56. The number of Topliss-reactive ketones (excluding diaryl/α,β-unsaturated/α-hetero) is 1. The Labute approximate surface area is 203 Å². The number of allylic oxidation sites excluding steroid dienone is 1. The molecule has 0 heterocycles. The van der Waals surface area contributed by atoms with Gasteiger partial charge in [0.1, 0.15) is 4.91 Å².